The van der Waals surface area contributed by atoms with E-state index in [1.165, 1.54) is 0 Å². The maximum Gasteiger partial charge on any atom is 0.416 e. The first kappa shape index (κ1) is 12.4. The molecule has 16 heavy (non-hydrogen) atoms. The van der Waals surface area contributed by atoms with Crippen LogP contribution in [0.1, 0.15) is 17.5 Å². The fourth-order valence-corrected chi connectivity index (χ4v) is 1.31. The molecule has 1 aromatic carbocycles. The van der Waals surface area contributed by atoms with Gasteiger partial charge >= 0.3 is 6.18 Å². The van der Waals surface area contributed by atoms with Gasteiger partial charge in [-0.15, -0.1) is 0 Å². The molecule has 0 saturated heterocycles. The van der Waals surface area contributed by atoms with E-state index >= 15 is 0 Å². The Morgan fingerprint density at radius 3 is 2.25 bits per heavy atom. The summed E-state index contributed by atoms with van der Waals surface area (Å²) in [5.41, 5.74) is -1.25. The molecule has 6 heteroatoms. The molecule has 0 atom stereocenters. The molecule has 0 aromatic heterocycles. The molecule has 1 rings (SSSR count). The summed E-state index contributed by atoms with van der Waals surface area (Å²) in [6.45, 7) is 0. The maximum atomic E-state index is 12.5. The van der Waals surface area contributed by atoms with Crippen LogP contribution in [-0.2, 0) is 17.4 Å². The van der Waals surface area contributed by atoms with Crippen LogP contribution in [0.5, 0.6) is 11.5 Å². The first-order valence-electron chi connectivity index (χ1n) is 4.42. The second kappa shape index (κ2) is 4.42. The van der Waals surface area contributed by atoms with Crippen molar-refractivity contribution in [1.82, 2.24) is 0 Å². The first-order valence-corrected chi connectivity index (χ1v) is 4.42. The lowest BCUT2D eigenvalue weighted by Gasteiger charge is -2.13. The van der Waals surface area contributed by atoms with Crippen molar-refractivity contribution < 1.29 is 28.2 Å². The predicted octanol–water partition coefficient (Wildman–Crippen LogP) is 2.25. The van der Waals surface area contributed by atoms with E-state index in [-0.39, 0.29) is 18.4 Å². The number of aldehydes is 1. The highest BCUT2D eigenvalue weighted by Crippen LogP contribution is 2.38. The van der Waals surface area contributed by atoms with E-state index < -0.39 is 23.2 Å². The molecule has 0 bridgehead atoms. The van der Waals surface area contributed by atoms with E-state index in [9.17, 15) is 18.0 Å². The predicted molar refractivity (Wildman–Crippen MR) is 49.2 cm³/mol. The van der Waals surface area contributed by atoms with Gasteiger partial charge in [0.1, 0.15) is 6.29 Å². The van der Waals surface area contributed by atoms with Crippen LogP contribution in [0.4, 0.5) is 13.2 Å². The number of hydrogen-bond donors (Lipinski definition) is 2. The van der Waals surface area contributed by atoms with Gasteiger partial charge in [-0.2, -0.15) is 13.2 Å². The topological polar surface area (TPSA) is 57.5 Å². The van der Waals surface area contributed by atoms with Crippen molar-refractivity contribution in [3.8, 4) is 11.5 Å². The molecule has 88 valence electrons. The maximum absolute atomic E-state index is 12.5. The lowest BCUT2D eigenvalue weighted by atomic mass is 10.0. The minimum atomic E-state index is -4.62. The zero-order chi connectivity index (χ0) is 12.3. The number of benzene rings is 1. The molecule has 3 nitrogen and oxygen atoms in total. The van der Waals surface area contributed by atoms with Crippen LogP contribution in [0.15, 0.2) is 12.1 Å². The lowest BCUT2D eigenvalue weighted by molar-refractivity contribution is -0.138. The molecule has 1 aromatic rings. The third-order valence-corrected chi connectivity index (χ3v) is 2.04. The average Bonchev–Trinajstić information content (AvgIpc) is 2.17. The van der Waals surface area contributed by atoms with Crippen molar-refractivity contribution in [2.45, 2.75) is 19.0 Å². The molecule has 0 unspecified atom stereocenters. The van der Waals surface area contributed by atoms with Gasteiger partial charge in [-0.05, 0) is 24.1 Å². The van der Waals surface area contributed by atoms with Crippen LogP contribution in [0.2, 0.25) is 0 Å². The Hall–Kier alpha value is -1.72. The molecule has 0 spiro atoms. The van der Waals surface area contributed by atoms with Crippen LogP contribution in [0.25, 0.3) is 0 Å². The molecule has 0 aliphatic rings. The number of phenolic OH excluding ortho intramolecular Hbond substituents is 2. The summed E-state index contributed by atoms with van der Waals surface area (Å²) < 4.78 is 37.5. The SMILES string of the molecule is O=CCCc1cc(O)c(O)cc1C(F)(F)F. The Labute approximate surface area is 89.1 Å². The molecule has 0 aliphatic heterocycles. The van der Waals surface area contributed by atoms with E-state index in [2.05, 4.69) is 0 Å². The van der Waals surface area contributed by atoms with Crippen molar-refractivity contribution in [2.24, 2.45) is 0 Å². The molecule has 0 amide bonds. The summed E-state index contributed by atoms with van der Waals surface area (Å²) >= 11 is 0. The van der Waals surface area contributed by atoms with Gasteiger partial charge in [-0.1, -0.05) is 0 Å². The summed E-state index contributed by atoms with van der Waals surface area (Å²) in [7, 11) is 0. The molecule has 0 saturated carbocycles. The number of aryl methyl sites for hydroxylation is 1. The highest BCUT2D eigenvalue weighted by molar-refractivity contribution is 5.52. The number of rotatable bonds is 3. The smallest absolute Gasteiger partial charge is 0.416 e. The second-order valence-corrected chi connectivity index (χ2v) is 3.20. The molecule has 0 heterocycles. The minimum absolute atomic E-state index is 0.0761. The van der Waals surface area contributed by atoms with Gasteiger partial charge in [-0.25, -0.2) is 0 Å². The third kappa shape index (κ3) is 2.65. The van der Waals surface area contributed by atoms with Crippen molar-refractivity contribution in [2.75, 3.05) is 0 Å². The summed E-state index contributed by atoms with van der Waals surface area (Å²) in [4.78, 5) is 10.1. The first-order chi connectivity index (χ1) is 7.36. The van der Waals surface area contributed by atoms with Crippen LogP contribution < -0.4 is 0 Å². The minimum Gasteiger partial charge on any atom is -0.504 e. The molecule has 2 N–H and O–H groups in total. The van der Waals surface area contributed by atoms with Gasteiger partial charge < -0.3 is 15.0 Å². The van der Waals surface area contributed by atoms with Crippen molar-refractivity contribution in [3.63, 3.8) is 0 Å². The monoisotopic (exact) mass is 234 g/mol. The van der Waals surface area contributed by atoms with Gasteiger partial charge in [0.15, 0.2) is 11.5 Å². The Bertz CT molecular complexity index is 399. The van der Waals surface area contributed by atoms with E-state index in [0.717, 1.165) is 6.07 Å². The molecular weight excluding hydrogens is 225 g/mol. The van der Waals surface area contributed by atoms with E-state index in [1.807, 2.05) is 0 Å². The quantitative estimate of drug-likeness (QED) is 0.623. The number of carbonyl (C=O) groups excluding carboxylic acids is 1. The Kier molecular flexibility index (Phi) is 3.41. The van der Waals surface area contributed by atoms with Gasteiger partial charge in [0.2, 0.25) is 0 Å². The zero-order valence-corrected chi connectivity index (χ0v) is 8.08. The van der Waals surface area contributed by atoms with Crippen molar-refractivity contribution in [1.29, 1.82) is 0 Å². The number of aromatic hydroxyl groups is 2. The van der Waals surface area contributed by atoms with Crippen LogP contribution in [0.3, 0.4) is 0 Å². The zero-order valence-electron chi connectivity index (χ0n) is 8.08. The molecule has 0 radical (unpaired) electrons. The van der Waals surface area contributed by atoms with Crippen LogP contribution in [0, 0.1) is 0 Å². The highest BCUT2D eigenvalue weighted by atomic mass is 19.4. The summed E-state index contributed by atoms with van der Waals surface area (Å²) in [6.07, 6.45) is -4.34. The average molecular weight is 234 g/mol. The summed E-state index contributed by atoms with van der Waals surface area (Å²) in [6, 6.07) is 1.27. The van der Waals surface area contributed by atoms with E-state index in [4.69, 9.17) is 10.2 Å². The van der Waals surface area contributed by atoms with Gasteiger partial charge in [0.05, 0.1) is 5.56 Å². The van der Waals surface area contributed by atoms with E-state index in [1.54, 1.807) is 0 Å². The van der Waals surface area contributed by atoms with Crippen LogP contribution >= 0.6 is 0 Å². The Balaban J connectivity index is 3.22. The lowest BCUT2D eigenvalue weighted by Crippen LogP contribution is -2.09. The Morgan fingerprint density at radius 1 is 1.19 bits per heavy atom. The summed E-state index contributed by atoms with van der Waals surface area (Å²) in [5, 5.41) is 18.1. The third-order valence-electron chi connectivity index (χ3n) is 2.04. The van der Waals surface area contributed by atoms with Gasteiger partial charge in [0, 0.05) is 6.42 Å². The van der Waals surface area contributed by atoms with Crippen molar-refractivity contribution in [3.05, 3.63) is 23.3 Å². The molecular formula is C10H9F3O3. The number of alkyl halides is 3. The van der Waals surface area contributed by atoms with E-state index in [0.29, 0.717) is 12.4 Å². The highest BCUT2D eigenvalue weighted by Gasteiger charge is 2.34. The molecule has 0 aliphatic carbocycles. The Morgan fingerprint density at radius 2 is 1.75 bits per heavy atom. The fourth-order valence-electron chi connectivity index (χ4n) is 1.31. The number of hydrogen-bond acceptors (Lipinski definition) is 3. The number of phenols is 2. The summed E-state index contributed by atoms with van der Waals surface area (Å²) in [5.74, 6) is -1.46. The number of halogens is 3. The standard InChI is InChI=1S/C10H9F3O3/c11-10(12,13)7-5-9(16)8(15)4-6(7)2-1-3-14/h3-5,15-16H,1-2H2. The number of carbonyl (C=O) groups is 1. The normalized spacial score (nSPS) is 11.4. The fraction of sp³-hybridized carbons (Fsp3) is 0.300. The molecule has 0 fully saturated rings. The van der Waals surface area contributed by atoms with Gasteiger partial charge in [-0.3, -0.25) is 0 Å². The van der Waals surface area contributed by atoms with Crippen LogP contribution in [-0.4, -0.2) is 16.5 Å². The van der Waals surface area contributed by atoms with Gasteiger partial charge in [0.25, 0.3) is 0 Å². The largest absolute Gasteiger partial charge is 0.504 e. The van der Waals surface area contributed by atoms with Crippen molar-refractivity contribution >= 4 is 6.29 Å². The second-order valence-electron chi connectivity index (χ2n) is 3.20.